The number of carbonyl (C=O) groups is 3. The van der Waals surface area contributed by atoms with E-state index >= 15 is 0 Å². The number of ether oxygens (including phenoxy) is 1. The van der Waals surface area contributed by atoms with Crippen LogP contribution in [0.1, 0.15) is 32.8 Å². The summed E-state index contributed by atoms with van der Waals surface area (Å²) in [6, 6.07) is 11.9. The van der Waals surface area contributed by atoms with Crippen molar-refractivity contribution in [3.8, 4) is 5.75 Å². The Morgan fingerprint density at radius 1 is 1.08 bits per heavy atom. The molecule has 0 unspecified atom stereocenters. The van der Waals surface area contributed by atoms with Crippen molar-refractivity contribution in [3.05, 3.63) is 54.1 Å². The highest BCUT2D eigenvalue weighted by Crippen LogP contribution is 2.30. The Hall–Kier alpha value is -3.44. The third kappa shape index (κ3) is 5.85. The molecule has 0 aromatic heterocycles. The first-order valence-corrected chi connectivity index (χ1v) is 13.0. The van der Waals surface area contributed by atoms with Gasteiger partial charge < -0.3 is 15.4 Å². The van der Waals surface area contributed by atoms with Gasteiger partial charge >= 0.3 is 6.03 Å². The lowest BCUT2D eigenvalue weighted by Crippen LogP contribution is -2.42. The highest BCUT2D eigenvalue weighted by molar-refractivity contribution is 7.89. The molecule has 1 aliphatic rings. The summed E-state index contributed by atoms with van der Waals surface area (Å²) in [5, 5.41) is 5.26. The number of benzene rings is 2. The van der Waals surface area contributed by atoms with Crippen LogP contribution in [0.5, 0.6) is 5.75 Å². The number of nitrogens with zero attached hydrogens (tertiary/aromatic N) is 2. The van der Waals surface area contributed by atoms with Crippen molar-refractivity contribution in [2.75, 3.05) is 32.6 Å². The number of sulfonamides is 1. The van der Waals surface area contributed by atoms with Crippen LogP contribution in [0.15, 0.2) is 53.4 Å². The molecule has 1 heterocycles. The zero-order valence-electron chi connectivity index (χ0n) is 21.1. The molecule has 3 rings (SSSR count). The van der Waals surface area contributed by atoms with Crippen LogP contribution in [0.4, 0.5) is 10.5 Å². The van der Waals surface area contributed by atoms with E-state index in [1.54, 1.807) is 31.2 Å². The fourth-order valence-electron chi connectivity index (χ4n) is 3.60. The van der Waals surface area contributed by atoms with E-state index in [-0.39, 0.29) is 4.90 Å². The first-order chi connectivity index (χ1) is 16.8. The van der Waals surface area contributed by atoms with Crippen molar-refractivity contribution >= 4 is 33.6 Å². The fraction of sp³-hybridized carbons (Fsp3) is 0.400. The average molecular weight is 517 g/mol. The minimum Gasteiger partial charge on any atom is -0.494 e. The predicted molar refractivity (Wildman–Crippen MR) is 135 cm³/mol. The second kappa shape index (κ2) is 10.7. The van der Waals surface area contributed by atoms with Crippen LogP contribution in [0.25, 0.3) is 0 Å². The van der Waals surface area contributed by atoms with E-state index in [4.69, 9.17) is 4.74 Å². The van der Waals surface area contributed by atoms with Gasteiger partial charge in [0.2, 0.25) is 15.9 Å². The third-order valence-corrected chi connectivity index (χ3v) is 7.72. The van der Waals surface area contributed by atoms with Gasteiger partial charge in [-0.25, -0.2) is 17.5 Å². The molecule has 2 N–H and O–H groups in total. The highest BCUT2D eigenvalue weighted by atomic mass is 32.2. The highest BCUT2D eigenvalue weighted by Gasteiger charge is 2.49. The Labute approximate surface area is 211 Å². The summed E-state index contributed by atoms with van der Waals surface area (Å²) in [4.78, 5) is 39.2. The van der Waals surface area contributed by atoms with Crippen LogP contribution in [0.2, 0.25) is 0 Å². The van der Waals surface area contributed by atoms with Crippen LogP contribution in [-0.2, 0) is 25.2 Å². The van der Waals surface area contributed by atoms with Gasteiger partial charge in [-0.15, -0.1) is 0 Å². The molecule has 4 amide bonds. The number of urea groups is 1. The summed E-state index contributed by atoms with van der Waals surface area (Å²) in [5.41, 5.74) is -0.422. The van der Waals surface area contributed by atoms with Gasteiger partial charge in [-0.05, 0) is 61.2 Å². The number of imide groups is 1. The number of rotatable bonds is 10. The molecular formula is C25H32N4O6S. The van der Waals surface area contributed by atoms with Crippen molar-refractivity contribution in [3.63, 3.8) is 0 Å². The maximum Gasteiger partial charge on any atom is 0.325 e. The lowest BCUT2D eigenvalue weighted by Gasteiger charge is -2.22. The molecule has 1 atom stereocenters. The van der Waals surface area contributed by atoms with Gasteiger partial charge in [0.15, 0.2) is 0 Å². The van der Waals surface area contributed by atoms with Crippen LogP contribution in [0, 0.1) is 5.92 Å². The van der Waals surface area contributed by atoms with Gasteiger partial charge in [-0.1, -0.05) is 26.0 Å². The minimum absolute atomic E-state index is 0.0757. The summed E-state index contributed by atoms with van der Waals surface area (Å²) in [5.74, 6) is 0.0418. The SMILES string of the molecule is CC(C)CCOc1ccc([C@]2(C)NC(=O)N(CC(=O)Nc3ccc(S(=O)(=O)N(C)C)cc3)C2=O)cc1. The van der Waals surface area contributed by atoms with Gasteiger partial charge in [-0.3, -0.25) is 14.5 Å². The Bertz CT molecular complexity index is 1230. The summed E-state index contributed by atoms with van der Waals surface area (Å²) in [6.45, 7) is 5.91. The van der Waals surface area contributed by atoms with Crippen molar-refractivity contribution in [2.45, 2.75) is 37.6 Å². The van der Waals surface area contributed by atoms with E-state index in [0.717, 1.165) is 15.6 Å². The number of carbonyl (C=O) groups excluding carboxylic acids is 3. The van der Waals surface area contributed by atoms with E-state index in [1.807, 2.05) is 0 Å². The second-order valence-electron chi connectivity index (χ2n) is 9.36. The maximum atomic E-state index is 13.1. The molecule has 1 saturated heterocycles. The van der Waals surface area contributed by atoms with Gasteiger partial charge in [0.05, 0.1) is 11.5 Å². The molecule has 36 heavy (non-hydrogen) atoms. The zero-order chi connectivity index (χ0) is 26.7. The van der Waals surface area contributed by atoms with Gasteiger partial charge in [0.25, 0.3) is 5.91 Å². The smallest absolute Gasteiger partial charge is 0.325 e. The topological polar surface area (TPSA) is 125 Å². The van der Waals surface area contributed by atoms with Gasteiger partial charge in [0.1, 0.15) is 17.8 Å². The number of nitrogens with one attached hydrogen (secondary N) is 2. The summed E-state index contributed by atoms with van der Waals surface area (Å²) >= 11 is 0. The molecule has 0 saturated carbocycles. The first kappa shape index (κ1) is 27.2. The largest absolute Gasteiger partial charge is 0.494 e. The lowest BCUT2D eigenvalue weighted by molar-refractivity contribution is -0.133. The normalized spacial score (nSPS) is 18.0. The second-order valence-corrected chi connectivity index (χ2v) is 11.5. The predicted octanol–water partition coefficient (Wildman–Crippen LogP) is 2.77. The Balaban J connectivity index is 1.64. The van der Waals surface area contributed by atoms with Crippen LogP contribution >= 0.6 is 0 Å². The third-order valence-electron chi connectivity index (χ3n) is 5.89. The number of hydrogen-bond donors (Lipinski definition) is 2. The van der Waals surface area contributed by atoms with Crippen molar-refractivity contribution in [1.29, 1.82) is 0 Å². The quantitative estimate of drug-likeness (QED) is 0.468. The van der Waals surface area contributed by atoms with Crippen LogP contribution in [-0.4, -0.2) is 62.7 Å². The molecule has 10 nitrogen and oxygen atoms in total. The lowest BCUT2D eigenvalue weighted by atomic mass is 9.92. The van der Waals surface area contributed by atoms with Crippen LogP contribution < -0.4 is 15.4 Å². The van der Waals surface area contributed by atoms with Crippen molar-refractivity contribution in [2.24, 2.45) is 5.92 Å². The number of amides is 4. The summed E-state index contributed by atoms with van der Waals surface area (Å²) in [7, 11) is -0.752. The van der Waals surface area contributed by atoms with E-state index in [0.29, 0.717) is 29.5 Å². The molecule has 0 spiro atoms. The molecule has 2 aromatic carbocycles. The van der Waals surface area contributed by atoms with Crippen molar-refractivity contribution < 1.29 is 27.5 Å². The monoisotopic (exact) mass is 516 g/mol. The summed E-state index contributed by atoms with van der Waals surface area (Å²) < 4.78 is 31.2. The molecule has 2 aromatic rings. The molecule has 11 heteroatoms. The van der Waals surface area contributed by atoms with Crippen LogP contribution in [0.3, 0.4) is 0 Å². The first-order valence-electron chi connectivity index (χ1n) is 11.5. The molecule has 1 fully saturated rings. The molecule has 194 valence electrons. The van der Waals surface area contributed by atoms with Gasteiger partial charge in [-0.2, -0.15) is 0 Å². The number of hydrogen-bond acceptors (Lipinski definition) is 6. The van der Waals surface area contributed by atoms with E-state index in [9.17, 15) is 22.8 Å². The summed E-state index contributed by atoms with van der Waals surface area (Å²) in [6.07, 6.45) is 0.921. The Morgan fingerprint density at radius 2 is 1.69 bits per heavy atom. The zero-order valence-corrected chi connectivity index (χ0v) is 21.9. The standard InChI is InChI=1S/C25H32N4O6S/c1-17(2)14-15-35-20-10-6-18(7-11-20)25(3)23(31)29(24(32)27-25)16-22(30)26-19-8-12-21(13-9-19)36(33,34)28(4)5/h6-13,17H,14-16H2,1-5H3,(H,26,30)(H,27,32)/t25-/m0/s1. The average Bonchev–Trinajstić information content (AvgIpc) is 3.03. The van der Waals surface area contributed by atoms with E-state index in [2.05, 4.69) is 24.5 Å². The van der Waals surface area contributed by atoms with E-state index < -0.39 is 40.0 Å². The molecular weight excluding hydrogens is 484 g/mol. The molecule has 0 radical (unpaired) electrons. The van der Waals surface area contributed by atoms with E-state index in [1.165, 1.54) is 38.4 Å². The molecule has 0 aliphatic carbocycles. The van der Waals surface area contributed by atoms with Crippen molar-refractivity contribution in [1.82, 2.24) is 14.5 Å². The Morgan fingerprint density at radius 3 is 2.25 bits per heavy atom. The number of anilines is 1. The molecule has 0 bridgehead atoms. The molecule has 1 aliphatic heterocycles. The van der Waals surface area contributed by atoms with Gasteiger partial charge in [0, 0.05) is 19.8 Å². The fourth-order valence-corrected chi connectivity index (χ4v) is 4.50. The maximum absolute atomic E-state index is 13.1. The minimum atomic E-state index is -3.60. The Kier molecular flexibility index (Phi) is 8.05.